The van der Waals surface area contributed by atoms with Gasteiger partial charge in [-0.1, -0.05) is 41.9 Å². The highest BCUT2D eigenvalue weighted by atomic mass is 35.5. The molecular formula is C20H24ClN4O4+. The summed E-state index contributed by atoms with van der Waals surface area (Å²) < 4.78 is 0. The van der Waals surface area contributed by atoms with E-state index in [-0.39, 0.29) is 34.8 Å². The highest BCUT2D eigenvalue weighted by Crippen LogP contribution is 2.27. The molecule has 1 unspecified atom stereocenters. The first kappa shape index (κ1) is 22.3. The Labute approximate surface area is 174 Å². The van der Waals surface area contributed by atoms with Crippen molar-refractivity contribution in [3.63, 3.8) is 0 Å². The summed E-state index contributed by atoms with van der Waals surface area (Å²) in [4.78, 5) is 36.4. The smallest absolute Gasteiger partial charge is 0.287 e. The monoisotopic (exact) mass is 419 g/mol. The van der Waals surface area contributed by atoms with Crippen molar-refractivity contribution >= 4 is 34.8 Å². The van der Waals surface area contributed by atoms with Crippen molar-refractivity contribution < 1.29 is 19.4 Å². The number of nitro benzene ring substituents is 1. The quantitative estimate of drug-likeness (QED) is 0.426. The molecule has 154 valence electrons. The van der Waals surface area contributed by atoms with Crippen LogP contribution in [0.25, 0.3) is 0 Å². The zero-order valence-electron chi connectivity index (χ0n) is 16.3. The summed E-state index contributed by atoms with van der Waals surface area (Å²) in [5.74, 6) is -0.500. The number of anilines is 1. The molecule has 3 N–H and O–H groups in total. The lowest BCUT2D eigenvalue weighted by Crippen LogP contribution is -3.14. The van der Waals surface area contributed by atoms with Gasteiger partial charge in [-0.25, -0.2) is 0 Å². The Balaban J connectivity index is 2.32. The number of quaternary nitrogens is 1. The summed E-state index contributed by atoms with van der Waals surface area (Å²) in [6.07, 6.45) is 0. The third-order valence-electron chi connectivity index (χ3n) is 4.44. The highest BCUT2D eigenvalue weighted by molar-refractivity contribution is 6.34. The van der Waals surface area contributed by atoms with Gasteiger partial charge >= 0.3 is 0 Å². The van der Waals surface area contributed by atoms with Crippen LogP contribution in [-0.4, -0.2) is 36.4 Å². The van der Waals surface area contributed by atoms with Gasteiger partial charge in [-0.3, -0.25) is 19.7 Å². The number of halogens is 1. The van der Waals surface area contributed by atoms with Gasteiger partial charge in [0.05, 0.1) is 22.2 Å². The number of nitro groups is 1. The van der Waals surface area contributed by atoms with E-state index in [1.807, 2.05) is 44.2 Å². The average Bonchev–Trinajstić information content (AvgIpc) is 2.69. The molecule has 8 nitrogen and oxygen atoms in total. The molecule has 29 heavy (non-hydrogen) atoms. The van der Waals surface area contributed by atoms with Gasteiger partial charge in [0.25, 0.3) is 17.5 Å². The number of carbonyl (C=O) groups is 2. The molecule has 0 aliphatic carbocycles. The van der Waals surface area contributed by atoms with Gasteiger partial charge in [0.15, 0.2) is 12.6 Å². The molecule has 0 aliphatic heterocycles. The molecule has 0 saturated carbocycles. The van der Waals surface area contributed by atoms with Gasteiger partial charge < -0.3 is 15.5 Å². The predicted octanol–water partition coefficient (Wildman–Crippen LogP) is 1.97. The van der Waals surface area contributed by atoms with E-state index in [2.05, 4.69) is 10.6 Å². The Bertz CT molecular complexity index is 876. The molecule has 9 heteroatoms. The maximum Gasteiger partial charge on any atom is 0.287 e. The van der Waals surface area contributed by atoms with Gasteiger partial charge in [0.2, 0.25) is 0 Å². The van der Waals surface area contributed by atoms with Crippen LogP contribution < -0.4 is 15.5 Å². The molecule has 0 heterocycles. The maximum absolute atomic E-state index is 13.2. The van der Waals surface area contributed by atoms with Crippen LogP contribution >= 0.6 is 11.6 Å². The van der Waals surface area contributed by atoms with Gasteiger partial charge in [-0.05, 0) is 19.9 Å². The van der Waals surface area contributed by atoms with Gasteiger partial charge in [-0.15, -0.1) is 0 Å². The van der Waals surface area contributed by atoms with Crippen molar-refractivity contribution in [1.82, 2.24) is 5.32 Å². The molecule has 2 aromatic carbocycles. The molecule has 0 spiro atoms. The van der Waals surface area contributed by atoms with Gasteiger partial charge in [0, 0.05) is 24.2 Å². The second-order valence-electron chi connectivity index (χ2n) is 6.40. The standard InChI is InChI=1S/C20H23ClN4O4/c1-3-22-18(26)13-24(4-2)19(14-8-6-5-7-9-14)20(27)23-17-11-10-15(25(28)29)12-16(17)21/h5-12,19H,3-4,13H2,1-2H3,(H,22,26)(H,23,27)/p+1/t19-/m0/s1. The Morgan fingerprint density at radius 3 is 2.41 bits per heavy atom. The van der Waals surface area contributed by atoms with Crippen molar-refractivity contribution in [2.45, 2.75) is 19.9 Å². The van der Waals surface area contributed by atoms with E-state index in [9.17, 15) is 19.7 Å². The SMILES string of the molecule is CCNC(=O)C[NH+](CC)[C@H](C(=O)Nc1ccc([N+](=O)[O-])cc1Cl)c1ccccc1. The minimum atomic E-state index is -0.657. The molecule has 0 saturated heterocycles. The first-order valence-electron chi connectivity index (χ1n) is 9.28. The number of amides is 2. The van der Waals surface area contributed by atoms with Crippen LogP contribution in [0.5, 0.6) is 0 Å². The number of non-ortho nitro benzene ring substituents is 1. The highest BCUT2D eigenvalue weighted by Gasteiger charge is 2.32. The molecule has 0 bridgehead atoms. The third kappa shape index (κ3) is 6.00. The number of hydrogen-bond acceptors (Lipinski definition) is 4. The van der Waals surface area contributed by atoms with Crippen molar-refractivity contribution in [3.05, 3.63) is 69.2 Å². The second kappa shape index (κ2) is 10.5. The van der Waals surface area contributed by atoms with E-state index >= 15 is 0 Å². The molecule has 0 radical (unpaired) electrons. The van der Waals surface area contributed by atoms with Gasteiger partial charge in [0.1, 0.15) is 0 Å². The Kier molecular flexibility index (Phi) is 8.11. The minimum Gasteiger partial charge on any atom is -0.351 e. The summed E-state index contributed by atoms with van der Waals surface area (Å²) in [5, 5.41) is 16.5. The van der Waals surface area contributed by atoms with Crippen LogP contribution in [0, 0.1) is 10.1 Å². The number of benzene rings is 2. The molecule has 2 amide bonds. The Morgan fingerprint density at radius 1 is 1.17 bits per heavy atom. The molecule has 0 fully saturated rings. The molecular weight excluding hydrogens is 396 g/mol. The molecule has 0 aromatic heterocycles. The molecule has 2 atom stereocenters. The van der Waals surface area contributed by atoms with Crippen molar-refractivity contribution in [2.24, 2.45) is 0 Å². The van der Waals surface area contributed by atoms with Crippen LogP contribution in [0.4, 0.5) is 11.4 Å². The summed E-state index contributed by atoms with van der Waals surface area (Å²) in [6, 6.07) is 12.4. The van der Waals surface area contributed by atoms with E-state index in [4.69, 9.17) is 11.6 Å². The number of nitrogens with one attached hydrogen (secondary N) is 3. The van der Waals surface area contributed by atoms with Crippen molar-refractivity contribution in [1.29, 1.82) is 0 Å². The van der Waals surface area contributed by atoms with E-state index in [1.165, 1.54) is 18.2 Å². The number of likely N-dealkylation sites (N-methyl/N-ethyl adjacent to an activating group) is 2. The van der Waals surface area contributed by atoms with E-state index < -0.39 is 11.0 Å². The third-order valence-corrected chi connectivity index (χ3v) is 4.75. The average molecular weight is 420 g/mol. The van der Waals surface area contributed by atoms with Crippen LogP contribution in [0.2, 0.25) is 5.02 Å². The van der Waals surface area contributed by atoms with Crippen molar-refractivity contribution in [2.75, 3.05) is 25.0 Å². The fourth-order valence-electron chi connectivity index (χ4n) is 3.04. The Hall–Kier alpha value is -2.97. The van der Waals surface area contributed by atoms with Gasteiger partial charge in [-0.2, -0.15) is 0 Å². The molecule has 2 rings (SSSR count). The summed E-state index contributed by atoms with van der Waals surface area (Å²) in [7, 11) is 0. The lowest BCUT2D eigenvalue weighted by atomic mass is 10.0. The second-order valence-corrected chi connectivity index (χ2v) is 6.80. The van der Waals surface area contributed by atoms with E-state index in [0.29, 0.717) is 13.1 Å². The fraction of sp³-hybridized carbons (Fsp3) is 0.300. The zero-order chi connectivity index (χ0) is 21.4. The maximum atomic E-state index is 13.2. The van der Waals surface area contributed by atoms with Crippen LogP contribution in [0.15, 0.2) is 48.5 Å². The molecule has 2 aromatic rings. The summed E-state index contributed by atoms with van der Waals surface area (Å²) in [6.45, 7) is 4.91. The number of hydrogen-bond donors (Lipinski definition) is 3. The summed E-state index contributed by atoms with van der Waals surface area (Å²) in [5.41, 5.74) is 0.866. The first-order chi connectivity index (χ1) is 13.9. The zero-order valence-corrected chi connectivity index (χ0v) is 17.0. The van der Waals surface area contributed by atoms with Crippen LogP contribution in [0.3, 0.4) is 0 Å². The number of rotatable bonds is 9. The topological polar surface area (TPSA) is 106 Å². The fourth-order valence-corrected chi connectivity index (χ4v) is 3.26. The van der Waals surface area contributed by atoms with E-state index in [0.717, 1.165) is 10.5 Å². The van der Waals surface area contributed by atoms with E-state index in [1.54, 1.807) is 0 Å². The lowest BCUT2D eigenvalue weighted by Gasteiger charge is -2.27. The molecule has 0 aliphatic rings. The first-order valence-corrected chi connectivity index (χ1v) is 9.66. The minimum absolute atomic E-state index is 0.0705. The normalized spacial score (nSPS) is 12.7. The lowest BCUT2D eigenvalue weighted by molar-refractivity contribution is -0.912. The van der Waals surface area contributed by atoms with Crippen LogP contribution in [0.1, 0.15) is 25.5 Å². The summed E-state index contributed by atoms with van der Waals surface area (Å²) >= 11 is 6.12. The predicted molar refractivity (Wildman–Crippen MR) is 111 cm³/mol. The number of nitrogens with zero attached hydrogens (tertiary/aromatic N) is 1. The largest absolute Gasteiger partial charge is 0.351 e. The van der Waals surface area contributed by atoms with Crippen molar-refractivity contribution in [3.8, 4) is 0 Å². The number of carbonyl (C=O) groups excluding carboxylic acids is 2. The Morgan fingerprint density at radius 2 is 1.86 bits per heavy atom. The van der Waals surface area contributed by atoms with Crippen LogP contribution in [-0.2, 0) is 9.59 Å².